The van der Waals surface area contributed by atoms with Gasteiger partial charge in [0.25, 0.3) is 5.79 Å². The predicted molar refractivity (Wildman–Crippen MR) is 332 cm³/mol. The molecular formula is C67H129O11P. The van der Waals surface area contributed by atoms with E-state index in [4.69, 9.17) is 37.5 Å². The van der Waals surface area contributed by atoms with Crippen LogP contribution in [0.2, 0.25) is 0 Å². The first-order valence-corrected chi connectivity index (χ1v) is 35.0. The summed E-state index contributed by atoms with van der Waals surface area (Å²) in [4.78, 5) is 29.8. The topological polar surface area (TPSA) is 125 Å². The van der Waals surface area contributed by atoms with E-state index in [9.17, 15) is 4.79 Å². The molecule has 0 spiro atoms. The monoisotopic (exact) mass is 1140 g/mol. The summed E-state index contributed by atoms with van der Waals surface area (Å²) in [6, 6.07) is 0. The number of carbonyl (C=O) groups excluding carboxylic acids is 2. The highest BCUT2D eigenvalue weighted by molar-refractivity contribution is 7.55. The van der Waals surface area contributed by atoms with Gasteiger partial charge in [-0.3, -0.25) is 18.7 Å². The Bertz CT molecular complexity index is 1470. The fourth-order valence-electron chi connectivity index (χ4n) is 9.88. The van der Waals surface area contributed by atoms with Gasteiger partial charge in [-0.15, -0.1) is 0 Å². The number of ketones is 2. The second kappa shape index (κ2) is 52.3. The molecule has 0 aliphatic rings. The van der Waals surface area contributed by atoms with E-state index in [2.05, 4.69) is 68.5 Å². The van der Waals surface area contributed by atoms with Crippen LogP contribution < -0.4 is 0 Å². The molecule has 0 amide bonds. The van der Waals surface area contributed by atoms with Crippen molar-refractivity contribution in [3.63, 3.8) is 0 Å². The third kappa shape index (κ3) is 33.7. The minimum absolute atomic E-state index is 0.0196. The molecule has 0 radical (unpaired) electrons. The summed E-state index contributed by atoms with van der Waals surface area (Å²) >= 11 is 0. The lowest BCUT2D eigenvalue weighted by Crippen LogP contribution is -2.69. The molecule has 468 valence electrons. The van der Waals surface area contributed by atoms with Crippen molar-refractivity contribution in [1.82, 2.24) is 0 Å². The molecular weight excluding hydrogens is 1010 g/mol. The van der Waals surface area contributed by atoms with Gasteiger partial charge in [0, 0.05) is 13.2 Å². The summed E-state index contributed by atoms with van der Waals surface area (Å²) in [7, 11) is -5.09. The second-order valence-electron chi connectivity index (χ2n) is 22.9. The largest absolute Gasteiger partial charge is 0.396 e. The van der Waals surface area contributed by atoms with Gasteiger partial charge in [-0.1, -0.05) is 274 Å². The van der Waals surface area contributed by atoms with Gasteiger partial charge in [0.1, 0.15) is 12.2 Å². The molecule has 0 aromatic rings. The van der Waals surface area contributed by atoms with Gasteiger partial charge in [-0.05, 0) is 76.4 Å². The Kier molecular flexibility index (Phi) is 51.5. The van der Waals surface area contributed by atoms with Gasteiger partial charge in [-0.25, -0.2) is 0 Å². The smallest absolute Gasteiger partial charge is 0.348 e. The normalized spacial score (nSPS) is 14.4. The summed E-state index contributed by atoms with van der Waals surface area (Å²) in [5.74, 6) is -3.10. The zero-order valence-electron chi connectivity index (χ0n) is 53.6. The molecule has 0 saturated heterocycles. The van der Waals surface area contributed by atoms with Crippen molar-refractivity contribution in [2.24, 2.45) is 0 Å². The number of hydrogen-bond acceptors (Lipinski definition) is 11. The fourth-order valence-corrected chi connectivity index (χ4v) is 12.3. The Morgan fingerprint density at radius 3 is 1.03 bits per heavy atom. The Morgan fingerprint density at radius 1 is 0.380 bits per heavy atom. The van der Waals surface area contributed by atoms with Crippen LogP contribution in [0.25, 0.3) is 0 Å². The van der Waals surface area contributed by atoms with Crippen molar-refractivity contribution in [1.29, 1.82) is 0 Å². The first kappa shape index (κ1) is 77.7. The van der Waals surface area contributed by atoms with Crippen LogP contribution >= 0.6 is 7.60 Å². The van der Waals surface area contributed by atoms with Crippen LogP contribution in [0.1, 0.15) is 326 Å². The number of carbonyl (C=O) groups is 2. The first-order valence-electron chi connectivity index (χ1n) is 33.5. The highest BCUT2D eigenvalue weighted by Gasteiger charge is 2.75. The summed E-state index contributed by atoms with van der Waals surface area (Å²) in [6.45, 7) is 30.0. The number of Topliss-reactive ketones (excluding diaryl/α,β-unsaturated/α-hetero) is 2. The number of unbranched alkanes of at least 4 members (excludes halogenated alkanes) is 30. The minimum atomic E-state index is -5.09. The van der Waals surface area contributed by atoms with Crippen LogP contribution in [-0.4, -0.2) is 81.0 Å². The van der Waals surface area contributed by atoms with Crippen molar-refractivity contribution in [3.05, 3.63) is 24.3 Å². The van der Waals surface area contributed by atoms with E-state index in [-0.39, 0.29) is 63.2 Å². The van der Waals surface area contributed by atoms with E-state index in [1.54, 1.807) is 13.8 Å². The van der Waals surface area contributed by atoms with Gasteiger partial charge < -0.3 is 32.9 Å². The number of rotatable bonds is 63. The lowest BCUT2D eigenvalue weighted by atomic mass is 10.0. The lowest BCUT2D eigenvalue weighted by molar-refractivity contribution is -0.447. The SMILES string of the molecule is C=C(C)C(=O)C(CCCCCC)OC(OCCCCCCC)(C(OCCCCCCC)OCCCCCCC)C(OCCCCCCC)(OCCCCCCC)P(=O)(OCCCCCCC)OC(CCCCCC)C(=O)C(=C)C. The summed E-state index contributed by atoms with van der Waals surface area (Å²) in [5.41, 5.74) is -1.99. The molecule has 0 saturated carbocycles. The average molecular weight is 1140 g/mol. The summed E-state index contributed by atoms with van der Waals surface area (Å²) < 4.78 is 76.8. The molecule has 0 bridgehead atoms. The van der Waals surface area contributed by atoms with Gasteiger partial charge in [0.2, 0.25) is 6.29 Å². The quantitative estimate of drug-likeness (QED) is 0.0250. The molecule has 4 atom stereocenters. The minimum Gasteiger partial charge on any atom is -0.348 e. The van der Waals surface area contributed by atoms with E-state index in [0.717, 1.165) is 193 Å². The number of ether oxygens (including phenoxy) is 6. The molecule has 0 heterocycles. The zero-order valence-corrected chi connectivity index (χ0v) is 54.5. The van der Waals surface area contributed by atoms with Crippen LogP contribution in [0.15, 0.2) is 24.3 Å². The Labute approximate surface area is 488 Å². The van der Waals surface area contributed by atoms with E-state index >= 15 is 9.36 Å². The van der Waals surface area contributed by atoms with Crippen molar-refractivity contribution < 1.29 is 51.6 Å². The Balaban J connectivity index is 9.58. The van der Waals surface area contributed by atoms with E-state index in [1.165, 1.54) is 0 Å². The zero-order chi connectivity index (χ0) is 58.7. The predicted octanol–water partition coefficient (Wildman–Crippen LogP) is 20.8. The Hall–Kier alpha value is -1.27. The molecule has 0 N–H and O–H groups in total. The average Bonchev–Trinajstić information content (AvgIpc) is 3.45. The van der Waals surface area contributed by atoms with Crippen molar-refractivity contribution in [2.75, 3.05) is 39.6 Å². The maximum Gasteiger partial charge on any atom is 0.396 e. The lowest BCUT2D eigenvalue weighted by Gasteiger charge is -2.53. The van der Waals surface area contributed by atoms with Crippen LogP contribution in [0.3, 0.4) is 0 Å². The molecule has 0 aliphatic heterocycles. The van der Waals surface area contributed by atoms with Gasteiger partial charge in [0.15, 0.2) is 11.6 Å². The highest BCUT2D eigenvalue weighted by Crippen LogP contribution is 2.68. The molecule has 79 heavy (non-hydrogen) atoms. The second-order valence-corrected chi connectivity index (χ2v) is 24.9. The third-order valence-corrected chi connectivity index (χ3v) is 17.3. The molecule has 0 aromatic heterocycles. The van der Waals surface area contributed by atoms with Crippen molar-refractivity contribution >= 4 is 19.2 Å². The summed E-state index contributed by atoms with van der Waals surface area (Å²) in [6.07, 6.45) is 31.6. The van der Waals surface area contributed by atoms with E-state index in [0.29, 0.717) is 63.4 Å². The van der Waals surface area contributed by atoms with Crippen molar-refractivity contribution in [3.8, 4) is 0 Å². The Morgan fingerprint density at radius 2 is 0.671 bits per heavy atom. The maximum absolute atomic E-state index is 17.8. The molecule has 0 fully saturated rings. The van der Waals surface area contributed by atoms with Gasteiger partial charge >= 0.3 is 13.1 Å². The van der Waals surface area contributed by atoms with Crippen LogP contribution in [0.4, 0.5) is 0 Å². The molecule has 4 unspecified atom stereocenters. The fraction of sp³-hybridized carbons (Fsp3) is 0.910. The van der Waals surface area contributed by atoms with Crippen molar-refractivity contribution in [2.45, 2.75) is 356 Å². The van der Waals surface area contributed by atoms with E-state index in [1.807, 2.05) is 0 Å². The van der Waals surface area contributed by atoms with Crippen LogP contribution in [0, 0.1) is 0 Å². The first-order chi connectivity index (χ1) is 38.3. The van der Waals surface area contributed by atoms with E-state index < -0.39 is 37.4 Å². The standard InChI is InChI=1S/C67H129O11P/c1-13-21-29-37-45-53-71-65(72-54-46-38-30-22-14-2)66(73-55-47-39-31-23-15-3,77-61(63(68)59(9)10)51-43-35-27-19-7)67(74-56-48-40-32-24-16-4,75-57-49-41-33-25-17-5)79(70,76-58-50-42-34-26-18-6)78-62(64(69)60(11)12)52-44-36-28-20-8/h61-62,65H,9,11,13-58H2,1-8,10,12H3. The molecule has 0 aromatic carbocycles. The molecule has 0 rings (SSSR count). The molecule has 0 aliphatic carbocycles. The summed E-state index contributed by atoms with van der Waals surface area (Å²) in [5, 5.41) is 0. The van der Waals surface area contributed by atoms with Gasteiger partial charge in [-0.2, -0.15) is 0 Å². The third-order valence-electron chi connectivity index (χ3n) is 15.0. The molecule has 12 heteroatoms. The highest BCUT2D eigenvalue weighted by atomic mass is 31.2. The number of hydrogen-bond donors (Lipinski definition) is 0. The maximum atomic E-state index is 17.8. The van der Waals surface area contributed by atoms with Gasteiger partial charge in [0.05, 0.1) is 26.4 Å². The van der Waals surface area contributed by atoms with Crippen LogP contribution in [-0.2, 0) is 51.6 Å². The van der Waals surface area contributed by atoms with Crippen LogP contribution in [0.5, 0.6) is 0 Å². The molecule has 11 nitrogen and oxygen atoms in total.